The summed E-state index contributed by atoms with van der Waals surface area (Å²) in [4.78, 5) is 26.2. The third-order valence-electron chi connectivity index (χ3n) is 4.45. The minimum atomic E-state index is -0.359. The molecule has 0 fully saturated rings. The van der Waals surface area contributed by atoms with Crippen LogP contribution in [0.15, 0.2) is 71.3 Å². The van der Waals surface area contributed by atoms with Crippen molar-refractivity contribution in [2.45, 2.75) is 19.5 Å². The molecule has 1 aromatic heterocycles. The molecule has 0 aliphatic carbocycles. The Morgan fingerprint density at radius 3 is 2.53 bits per heavy atom. The molecule has 0 unspecified atom stereocenters. The number of ether oxygens (including phenoxy) is 1. The zero-order chi connectivity index (χ0) is 21.3. The zero-order valence-electron chi connectivity index (χ0n) is 16.6. The summed E-state index contributed by atoms with van der Waals surface area (Å²) in [6, 6.07) is 16.8. The van der Waals surface area contributed by atoms with Gasteiger partial charge in [0.1, 0.15) is 18.2 Å². The third kappa shape index (κ3) is 6.02. The Kier molecular flexibility index (Phi) is 7.34. The molecular weight excluding hydrogens is 387 g/mol. The van der Waals surface area contributed by atoms with Crippen LogP contribution in [0.1, 0.15) is 16.9 Å². The molecule has 2 aromatic carbocycles. The van der Waals surface area contributed by atoms with Crippen LogP contribution in [0.3, 0.4) is 0 Å². The number of methoxy groups -OCH3 is 1. The number of halogens is 1. The van der Waals surface area contributed by atoms with Crippen molar-refractivity contribution in [2.75, 3.05) is 18.6 Å². The number of hydrogen-bond donors (Lipinski definition) is 1. The van der Waals surface area contributed by atoms with Crippen molar-refractivity contribution in [3.63, 3.8) is 0 Å². The van der Waals surface area contributed by atoms with Crippen molar-refractivity contribution < 1.29 is 23.1 Å². The maximum Gasteiger partial charge on any atom is 0.253 e. The minimum absolute atomic E-state index is 0.0910. The van der Waals surface area contributed by atoms with Crippen LogP contribution in [0.2, 0.25) is 0 Å². The second kappa shape index (κ2) is 10.4. The van der Waals surface area contributed by atoms with Crippen LogP contribution in [0.5, 0.6) is 0 Å². The summed E-state index contributed by atoms with van der Waals surface area (Å²) < 4.78 is 23.7. The van der Waals surface area contributed by atoms with Crippen LogP contribution in [-0.2, 0) is 33.8 Å². The van der Waals surface area contributed by atoms with Crippen molar-refractivity contribution in [2.24, 2.45) is 0 Å². The molecule has 0 saturated heterocycles. The van der Waals surface area contributed by atoms with Gasteiger partial charge in [0.25, 0.3) is 5.91 Å². The highest BCUT2D eigenvalue weighted by Crippen LogP contribution is 2.19. The predicted molar refractivity (Wildman–Crippen MR) is 110 cm³/mol. The molecule has 2 amide bonds. The van der Waals surface area contributed by atoms with Crippen molar-refractivity contribution in [3.05, 3.63) is 89.6 Å². The molecule has 0 aliphatic rings. The lowest BCUT2D eigenvalue weighted by atomic mass is 10.1. The van der Waals surface area contributed by atoms with E-state index in [9.17, 15) is 14.0 Å². The molecule has 1 N–H and O–H groups in total. The quantitative estimate of drug-likeness (QED) is 0.587. The largest absolute Gasteiger partial charge is 0.467 e. The third-order valence-corrected chi connectivity index (χ3v) is 4.45. The van der Waals surface area contributed by atoms with E-state index in [4.69, 9.17) is 9.15 Å². The summed E-state index contributed by atoms with van der Waals surface area (Å²) in [6.45, 7) is 0.450. The van der Waals surface area contributed by atoms with Gasteiger partial charge in [-0.15, -0.1) is 0 Å². The van der Waals surface area contributed by atoms with Gasteiger partial charge in [0.05, 0.1) is 25.8 Å². The Labute approximate surface area is 174 Å². The minimum Gasteiger partial charge on any atom is -0.467 e. The summed E-state index contributed by atoms with van der Waals surface area (Å²) in [5, 5.41) is 2.79. The highest BCUT2D eigenvalue weighted by Gasteiger charge is 2.17. The fourth-order valence-electron chi connectivity index (χ4n) is 2.98. The Hall–Kier alpha value is -3.45. The Bertz CT molecular complexity index is 971. The normalized spacial score (nSPS) is 10.6. The molecule has 3 aromatic rings. The lowest BCUT2D eigenvalue weighted by Gasteiger charge is -2.23. The van der Waals surface area contributed by atoms with Gasteiger partial charge in [-0.25, -0.2) is 4.39 Å². The van der Waals surface area contributed by atoms with Crippen molar-refractivity contribution in [1.29, 1.82) is 0 Å². The van der Waals surface area contributed by atoms with Gasteiger partial charge in [-0.05, 0) is 47.5 Å². The first kappa shape index (κ1) is 21.3. The van der Waals surface area contributed by atoms with Crippen LogP contribution in [-0.4, -0.2) is 25.5 Å². The number of benzene rings is 2. The summed E-state index contributed by atoms with van der Waals surface area (Å²) in [6.07, 6.45) is 1.76. The van der Waals surface area contributed by atoms with Crippen LogP contribution in [0, 0.1) is 5.82 Å². The number of furan rings is 1. The van der Waals surface area contributed by atoms with Crippen molar-refractivity contribution >= 4 is 17.5 Å². The first-order chi connectivity index (χ1) is 14.5. The Morgan fingerprint density at radius 2 is 1.87 bits per heavy atom. The van der Waals surface area contributed by atoms with E-state index < -0.39 is 0 Å². The second-order valence-corrected chi connectivity index (χ2v) is 6.74. The molecule has 156 valence electrons. The second-order valence-electron chi connectivity index (χ2n) is 6.74. The SMILES string of the molecule is COCC(=O)N(Cc1cccc(F)c1)c1ccc(CC(=O)NCc2ccco2)cc1. The lowest BCUT2D eigenvalue weighted by molar-refractivity contribution is -0.122. The van der Waals surface area contributed by atoms with Crippen molar-refractivity contribution in [3.8, 4) is 0 Å². The van der Waals surface area contributed by atoms with E-state index in [1.165, 1.54) is 24.1 Å². The molecular formula is C23H23FN2O4. The van der Waals surface area contributed by atoms with Crippen molar-refractivity contribution in [1.82, 2.24) is 5.32 Å². The molecule has 6 nitrogen and oxygen atoms in total. The molecule has 0 saturated carbocycles. The number of anilines is 1. The maximum atomic E-state index is 13.5. The van der Waals surface area contributed by atoms with E-state index in [1.54, 1.807) is 54.8 Å². The van der Waals surface area contributed by atoms with E-state index in [0.717, 1.165) is 5.56 Å². The Morgan fingerprint density at radius 1 is 1.07 bits per heavy atom. The first-order valence-corrected chi connectivity index (χ1v) is 9.47. The predicted octanol–water partition coefficient (Wildman–Crippen LogP) is 3.46. The van der Waals surface area contributed by atoms with Crippen LogP contribution in [0.4, 0.5) is 10.1 Å². The van der Waals surface area contributed by atoms with Gasteiger partial charge in [0.2, 0.25) is 5.91 Å². The number of carbonyl (C=O) groups excluding carboxylic acids is 2. The molecule has 0 spiro atoms. The first-order valence-electron chi connectivity index (χ1n) is 9.47. The average Bonchev–Trinajstić information content (AvgIpc) is 3.25. The highest BCUT2D eigenvalue weighted by molar-refractivity contribution is 5.94. The number of rotatable bonds is 9. The average molecular weight is 410 g/mol. The number of nitrogens with one attached hydrogen (secondary N) is 1. The lowest BCUT2D eigenvalue weighted by Crippen LogP contribution is -2.33. The van der Waals surface area contributed by atoms with Gasteiger partial charge in [0.15, 0.2) is 0 Å². The van der Waals surface area contributed by atoms with Gasteiger partial charge >= 0.3 is 0 Å². The zero-order valence-corrected chi connectivity index (χ0v) is 16.6. The van der Waals surface area contributed by atoms with Gasteiger partial charge in [-0.3, -0.25) is 9.59 Å². The van der Waals surface area contributed by atoms with Gasteiger partial charge in [0, 0.05) is 12.8 Å². The van der Waals surface area contributed by atoms with Gasteiger partial charge < -0.3 is 19.4 Å². The standard InChI is InChI=1S/C23H23FN2O4/c1-29-16-23(28)26(15-18-4-2-5-19(24)12-18)20-9-7-17(8-10-20)13-22(27)25-14-21-6-3-11-30-21/h2-12H,13-16H2,1H3,(H,25,27). The van der Waals surface area contributed by atoms with E-state index >= 15 is 0 Å². The number of amides is 2. The van der Waals surface area contributed by atoms with E-state index in [0.29, 0.717) is 23.6 Å². The maximum absolute atomic E-state index is 13.5. The topological polar surface area (TPSA) is 71.8 Å². The van der Waals surface area contributed by atoms with Gasteiger partial charge in [-0.2, -0.15) is 0 Å². The molecule has 30 heavy (non-hydrogen) atoms. The summed E-state index contributed by atoms with van der Waals surface area (Å²) in [5.41, 5.74) is 2.11. The number of carbonyl (C=O) groups is 2. The van der Waals surface area contributed by atoms with Gasteiger partial charge in [-0.1, -0.05) is 24.3 Å². The summed E-state index contributed by atoms with van der Waals surface area (Å²) >= 11 is 0. The van der Waals surface area contributed by atoms with E-state index in [-0.39, 0.29) is 37.2 Å². The molecule has 0 atom stereocenters. The highest BCUT2D eigenvalue weighted by atomic mass is 19.1. The number of nitrogens with zero attached hydrogens (tertiary/aromatic N) is 1. The van der Waals surface area contributed by atoms with E-state index in [2.05, 4.69) is 5.32 Å². The Balaban J connectivity index is 1.66. The molecule has 0 aliphatic heterocycles. The fraction of sp³-hybridized carbons (Fsp3) is 0.217. The molecule has 3 rings (SSSR count). The van der Waals surface area contributed by atoms with Crippen LogP contribution >= 0.6 is 0 Å². The smallest absolute Gasteiger partial charge is 0.253 e. The molecule has 7 heteroatoms. The number of hydrogen-bond acceptors (Lipinski definition) is 4. The fourth-order valence-corrected chi connectivity index (χ4v) is 2.98. The summed E-state index contributed by atoms with van der Waals surface area (Å²) in [5.74, 6) is -0.0529. The van der Waals surface area contributed by atoms with E-state index in [1.807, 2.05) is 0 Å². The van der Waals surface area contributed by atoms with Crippen LogP contribution < -0.4 is 10.2 Å². The molecule has 0 radical (unpaired) electrons. The molecule has 1 heterocycles. The summed E-state index contributed by atoms with van der Waals surface area (Å²) in [7, 11) is 1.45. The molecule has 0 bridgehead atoms. The van der Waals surface area contributed by atoms with Crippen LogP contribution in [0.25, 0.3) is 0 Å². The monoisotopic (exact) mass is 410 g/mol.